The van der Waals surface area contributed by atoms with Crippen molar-refractivity contribution >= 4 is 15.1 Å². The molecule has 0 aliphatic carbocycles. The number of aromatic nitrogens is 1. The minimum Gasteiger partial charge on any atom is -0.303 e. The number of nitrogens with one attached hydrogen (secondary N) is 1. The summed E-state index contributed by atoms with van der Waals surface area (Å²) in [5.41, 5.74) is 2.53. The number of pyridine rings is 1. The average molecular weight is 288 g/mol. The van der Waals surface area contributed by atoms with Gasteiger partial charge in [-0.05, 0) is 17.2 Å². The predicted octanol–water partition coefficient (Wildman–Crippen LogP) is 2.94. The first-order chi connectivity index (χ1) is 9.47. The van der Waals surface area contributed by atoms with Gasteiger partial charge < -0.3 is 5.32 Å². The molecule has 2 rings (SSSR count). The van der Waals surface area contributed by atoms with E-state index in [9.17, 15) is 0 Å². The van der Waals surface area contributed by atoms with Crippen LogP contribution in [0.2, 0.25) is 0 Å². The van der Waals surface area contributed by atoms with Gasteiger partial charge in [0.1, 0.15) is 0 Å². The van der Waals surface area contributed by atoms with Crippen LogP contribution in [0.5, 0.6) is 0 Å². The maximum Gasteiger partial charge on any atom is 0.227 e. The third-order valence-corrected chi connectivity index (χ3v) is 3.80. The van der Waals surface area contributed by atoms with Crippen LogP contribution < -0.4 is 9.80 Å². The monoisotopic (exact) mass is 288 g/mol. The molecule has 1 N–H and O–H groups in total. The molecule has 2 atom stereocenters. The fourth-order valence-corrected chi connectivity index (χ4v) is 2.28. The molecule has 1 aromatic heterocycles. The van der Waals surface area contributed by atoms with E-state index in [0.717, 1.165) is 16.8 Å². The Bertz CT molecular complexity index is 549. The zero-order valence-corrected chi connectivity index (χ0v) is 13.5. The molecule has 1 aromatic carbocycles. The van der Waals surface area contributed by atoms with Gasteiger partial charge in [0.05, 0.1) is 21.1 Å². The van der Waals surface area contributed by atoms with Gasteiger partial charge in [-0.1, -0.05) is 30.3 Å². The second-order valence-corrected chi connectivity index (χ2v) is 6.47. The Labute approximate surface area is 123 Å². The predicted molar refractivity (Wildman–Crippen MR) is 89.5 cm³/mol. The molecule has 3 nitrogen and oxygen atoms in total. The van der Waals surface area contributed by atoms with Gasteiger partial charge in [0.15, 0.2) is 0 Å². The van der Waals surface area contributed by atoms with Crippen LogP contribution in [-0.4, -0.2) is 26.1 Å². The summed E-state index contributed by atoms with van der Waals surface area (Å²) in [6, 6.07) is 14.7. The molecule has 0 radical (unpaired) electrons. The van der Waals surface area contributed by atoms with Gasteiger partial charge in [-0.3, -0.25) is 4.48 Å². The SMILES string of the molecule is C[N+](C)(C)c1cc(CNC(P)c2ccccc2)ccn1. The summed E-state index contributed by atoms with van der Waals surface area (Å²) in [7, 11) is 9.23. The van der Waals surface area contributed by atoms with Gasteiger partial charge >= 0.3 is 0 Å². The Kier molecular flexibility index (Phi) is 4.87. The highest BCUT2D eigenvalue weighted by atomic mass is 31.0. The third kappa shape index (κ3) is 4.11. The van der Waals surface area contributed by atoms with E-state index >= 15 is 0 Å². The van der Waals surface area contributed by atoms with Crippen LogP contribution >= 0.6 is 9.24 Å². The Morgan fingerprint density at radius 2 is 1.85 bits per heavy atom. The number of quaternary nitrogens is 1. The number of benzene rings is 1. The summed E-state index contributed by atoms with van der Waals surface area (Å²) in [4.78, 5) is 4.44. The summed E-state index contributed by atoms with van der Waals surface area (Å²) >= 11 is 0. The lowest BCUT2D eigenvalue weighted by Gasteiger charge is -2.22. The van der Waals surface area contributed by atoms with Crippen LogP contribution in [0.25, 0.3) is 0 Å². The van der Waals surface area contributed by atoms with Crippen molar-refractivity contribution in [1.29, 1.82) is 0 Å². The van der Waals surface area contributed by atoms with Crippen molar-refractivity contribution in [2.75, 3.05) is 21.1 Å². The maximum absolute atomic E-state index is 4.44. The highest BCUT2D eigenvalue weighted by molar-refractivity contribution is 7.17. The van der Waals surface area contributed by atoms with Gasteiger partial charge in [0, 0.05) is 24.6 Å². The Morgan fingerprint density at radius 1 is 1.15 bits per heavy atom. The fourth-order valence-electron chi connectivity index (χ4n) is 1.94. The Morgan fingerprint density at radius 3 is 2.50 bits per heavy atom. The lowest BCUT2D eigenvalue weighted by molar-refractivity contribution is 0.472. The van der Waals surface area contributed by atoms with E-state index in [1.165, 1.54) is 11.1 Å². The topological polar surface area (TPSA) is 24.9 Å². The molecular weight excluding hydrogens is 265 g/mol. The molecule has 106 valence electrons. The normalized spacial score (nSPS) is 13.2. The molecule has 0 spiro atoms. The minimum atomic E-state index is 0.261. The average Bonchev–Trinajstić information content (AvgIpc) is 2.45. The van der Waals surface area contributed by atoms with Crippen molar-refractivity contribution < 1.29 is 0 Å². The van der Waals surface area contributed by atoms with Gasteiger partial charge in [-0.2, -0.15) is 0 Å². The fraction of sp³-hybridized carbons (Fsp3) is 0.312. The van der Waals surface area contributed by atoms with Crippen LogP contribution in [-0.2, 0) is 6.54 Å². The van der Waals surface area contributed by atoms with Crippen molar-refractivity contribution in [3.8, 4) is 0 Å². The summed E-state index contributed by atoms with van der Waals surface area (Å²) in [6.45, 7) is 0.832. The van der Waals surface area contributed by atoms with E-state index in [-0.39, 0.29) is 5.78 Å². The van der Waals surface area contributed by atoms with Crippen molar-refractivity contribution in [1.82, 2.24) is 14.8 Å². The molecule has 0 amide bonds. The largest absolute Gasteiger partial charge is 0.303 e. The molecule has 0 aliphatic heterocycles. The van der Waals surface area contributed by atoms with E-state index in [2.05, 4.69) is 77.1 Å². The quantitative estimate of drug-likeness (QED) is 0.676. The van der Waals surface area contributed by atoms with E-state index < -0.39 is 0 Å². The van der Waals surface area contributed by atoms with Crippen LogP contribution in [0.3, 0.4) is 0 Å². The standard InChI is InChI=1S/C16H23N3P/c1-19(2,3)15-11-13(9-10-17-15)12-18-16(20)14-7-5-4-6-8-14/h4-11,16,18H,12,20H2,1-3H3/q+1. The second-order valence-electron chi connectivity index (χ2n) is 5.80. The number of hydrogen-bond acceptors (Lipinski definition) is 2. The van der Waals surface area contributed by atoms with Crippen molar-refractivity contribution in [3.05, 3.63) is 59.8 Å². The van der Waals surface area contributed by atoms with Crippen LogP contribution in [0.4, 0.5) is 5.82 Å². The van der Waals surface area contributed by atoms with E-state index in [0.29, 0.717) is 0 Å². The molecule has 0 aliphatic rings. The molecule has 0 bridgehead atoms. The highest BCUT2D eigenvalue weighted by Gasteiger charge is 2.14. The third-order valence-electron chi connectivity index (χ3n) is 3.18. The molecule has 2 aromatic rings. The molecule has 1 heterocycles. The molecule has 4 heteroatoms. The molecule has 0 fully saturated rings. The van der Waals surface area contributed by atoms with Crippen LogP contribution in [0.1, 0.15) is 16.9 Å². The molecule has 0 saturated heterocycles. The van der Waals surface area contributed by atoms with Gasteiger partial charge in [-0.15, -0.1) is 9.24 Å². The van der Waals surface area contributed by atoms with Gasteiger partial charge in [-0.25, -0.2) is 4.98 Å². The van der Waals surface area contributed by atoms with Gasteiger partial charge in [0.2, 0.25) is 5.82 Å². The van der Waals surface area contributed by atoms with E-state index in [1.807, 2.05) is 12.3 Å². The summed E-state index contributed by atoms with van der Waals surface area (Å²) in [5, 5.41) is 3.52. The minimum absolute atomic E-state index is 0.261. The highest BCUT2D eigenvalue weighted by Crippen LogP contribution is 2.20. The zero-order chi connectivity index (χ0) is 14.6. The first-order valence-corrected chi connectivity index (χ1v) is 7.44. The Balaban J connectivity index is 2.01. The second kappa shape index (κ2) is 6.45. The Hall–Kier alpha value is -1.28. The maximum atomic E-state index is 4.44. The summed E-state index contributed by atoms with van der Waals surface area (Å²) < 4.78 is 0.733. The lowest BCUT2D eigenvalue weighted by atomic mass is 10.2. The van der Waals surface area contributed by atoms with Crippen LogP contribution in [0.15, 0.2) is 48.7 Å². The zero-order valence-electron chi connectivity index (χ0n) is 12.4. The smallest absolute Gasteiger partial charge is 0.227 e. The summed E-state index contributed by atoms with van der Waals surface area (Å²) in [5.74, 6) is 1.33. The first-order valence-electron chi connectivity index (χ1n) is 6.77. The summed E-state index contributed by atoms with van der Waals surface area (Å²) in [6.07, 6.45) is 1.89. The number of hydrogen-bond donors (Lipinski definition) is 1. The van der Waals surface area contributed by atoms with Crippen molar-refractivity contribution in [2.45, 2.75) is 12.3 Å². The van der Waals surface area contributed by atoms with E-state index in [1.54, 1.807) is 0 Å². The van der Waals surface area contributed by atoms with Gasteiger partial charge in [0.25, 0.3) is 0 Å². The first kappa shape index (κ1) is 15.1. The van der Waals surface area contributed by atoms with Crippen molar-refractivity contribution in [3.63, 3.8) is 0 Å². The van der Waals surface area contributed by atoms with E-state index in [4.69, 9.17) is 0 Å². The molecule has 0 saturated carbocycles. The molecule has 2 unspecified atom stereocenters. The van der Waals surface area contributed by atoms with Crippen molar-refractivity contribution in [2.24, 2.45) is 0 Å². The lowest BCUT2D eigenvalue weighted by Crippen LogP contribution is -2.35. The number of rotatable bonds is 5. The number of nitrogens with zero attached hydrogens (tertiary/aromatic N) is 2. The molecular formula is C16H23N3P+. The van der Waals surface area contributed by atoms with Crippen LogP contribution in [0, 0.1) is 0 Å². The molecule has 20 heavy (non-hydrogen) atoms.